The molecule has 4 rings (SSSR count). The monoisotopic (exact) mass is 373 g/mol. The molecule has 5 nitrogen and oxygen atoms in total. The van der Waals surface area contributed by atoms with Gasteiger partial charge < -0.3 is 10.6 Å². The van der Waals surface area contributed by atoms with Crippen molar-refractivity contribution in [3.8, 4) is 0 Å². The maximum Gasteiger partial charge on any atom is 0.258 e. The molecule has 1 aromatic heterocycles. The van der Waals surface area contributed by atoms with Gasteiger partial charge in [-0.15, -0.1) is 0 Å². The maximum atomic E-state index is 12.8. The maximum absolute atomic E-state index is 12.8. The molecule has 0 radical (unpaired) electrons. The number of amides is 1. The van der Waals surface area contributed by atoms with Crippen molar-refractivity contribution < 1.29 is 9.59 Å². The number of hydrogen-bond donors (Lipinski definition) is 2. The summed E-state index contributed by atoms with van der Waals surface area (Å²) in [4.78, 5) is 28.6. The molecule has 5 heteroatoms. The Hall–Kier alpha value is -3.21. The van der Waals surface area contributed by atoms with Gasteiger partial charge in [-0.3, -0.25) is 9.59 Å². The predicted molar refractivity (Wildman–Crippen MR) is 112 cm³/mol. The van der Waals surface area contributed by atoms with E-state index in [9.17, 15) is 9.59 Å². The summed E-state index contributed by atoms with van der Waals surface area (Å²) in [5.74, 6) is 1.17. The minimum atomic E-state index is -0.190. The molecule has 1 amide bonds. The highest BCUT2D eigenvalue weighted by molar-refractivity contribution is 6.08. The van der Waals surface area contributed by atoms with E-state index in [-0.39, 0.29) is 5.91 Å². The van der Waals surface area contributed by atoms with Crippen LogP contribution in [0.3, 0.4) is 0 Å². The zero-order valence-electron chi connectivity index (χ0n) is 15.7. The van der Waals surface area contributed by atoms with Crippen LogP contribution in [0.1, 0.15) is 36.0 Å². The van der Waals surface area contributed by atoms with Crippen molar-refractivity contribution in [2.45, 2.75) is 25.7 Å². The number of anilines is 2. The van der Waals surface area contributed by atoms with Crippen molar-refractivity contribution in [1.82, 2.24) is 4.98 Å². The highest BCUT2D eigenvalue weighted by Crippen LogP contribution is 2.24. The summed E-state index contributed by atoms with van der Waals surface area (Å²) in [5.41, 5.74) is 1.39. The van der Waals surface area contributed by atoms with Crippen molar-refractivity contribution >= 4 is 34.0 Å². The van der Waals surface area contributed by atoms with E-state index >= 15 is 0 Å². The van der Waals surface area contributed by atoms with Crippen LogP contribution < -0.4 is 10.6 Å². The van der Waals surface area contributed by atoms with Gasteiger partial charge in [-0.25, -0.2) is 4.98 Å². The number of aromatic nitrogens is 1. The number of pyridine rings is 1. The summed E-state index contributed by atoms with van der Waals surface area (Å²) in [7, 11) is 0. The number of benzene rings is 2. The first-order valence-corrected chi connectivity index (χ1v) is 9.70. The van der Waals surface area contributed by atoms with E-state index in [0.717, 1.165) is 35.8 Å². The summed E-state index contributed by atoms with van der Waals surface area (Å²) in [5, 5.41) is 8.37. The third kappa shape index (κ3) is 4.19. The fourth-order valence-electron chi connectivity index (χ4n) is 3.63. The molecular formula is C23H23N3O2. The van der Waals surface area contributed by atoms with Gasteiger partial charge in [0.15, 0.2) is 0 Å². The number of carbonyl (C=O) groups is 2. The molecule has 2 aromatic carbocycles. The van der Waals surface area contributed by atoms with Crippen molar-refractivity contribution in [1.29, 1.82) is 0 Å². The molecule has 0 unspecified atom stereocenters. The second-order valence-electron chi connectivity index (χ2n) is 7.28. The van der Waals surface area contributed by atoms with Crippen molar-refractivity contribution in [2.24, 2.45) is 5.92 Å². The molecule has 142 valence electrons. The Bertz CT molecular complexity index is 1010. The SMILES string of the molecule is O=C1CCC(CNc2ccccc2C(=O)Nc2cc3ccccc3cn2)CC1. The van der Waals surface area contributed by atoms with Gasteiger partial charge in [-0.1, -0.05) is 36.4 Å². The molecule has 0 aliphatic heterocycles. The summed E-state index contributed by atoms with van der Waals surface area (Å²) < 4.78 is 0. The Morgan fingerprint density at radius 3 is 2.54 bits per heavy atom. The molecule has 0 saturated heterocycles. The standard InChI is InChI=1S/C23H23N3O2/c27-19-11-9-16(10-12-19)14-24-21-8-4-3-7-20(21)23(28)26-22-13-17-5-1-2-6-18(17)15-25-22/h1-8,13,15-16,24H,9-12,14H2,(H,25,26,28). The Kier molecular flexibility index (Phi) is 5.33. The minimum Gasteiger partial charge on any atom is -0.384 e. The number of hydrogen-bond acceptors (Lipinski definition) is 4. The molecule has 1 saturated carbocycles. The molecule has 0 atom stereocenters. The fourth-order valence-corrected chi connectivity index (χ4v) is 3.63. The lowest BCUT2D eigenvalue weighted by Gasteiger charge is -2.22. The zero-order valence-corrected chi connectivity index (χ0v) is 15.7. The first-order valence-electron chi connectivity index (χ1n) is 9.70. The molecule has 1 fully saturated rings. The van der Waals surface area contributed by atoms with E-state index in [1.807, 2.05) is 54.6 Å². The van der Waals surface area contributed by atoms with Gasteiger partial charge in [0.05, 0.1) is 5.56 Å². The fraction of sp³-hybridized carbons (Fsp3) is 0.261. The van der Waals surface area contributed by atoms with Crippen LogP contribution in [0.15, 0.2) is 60.8 Å². The van der Waals surface area contributed by atoms with Crippen LogP contribution in [0.25, 0.3) is 10.8 Å². The third-order valence-corrected chi connectivity index (χ3v) is 5.29. The van der Waals surface area contributed by atoms with Crippen molar-refractivity contribution in [3.05, 3.63) is 66.4 Å². The third-order valence-electron chi connectivity index (χ3n) is 5.29. The topological polar surface area (TPSA) is 71.1 Å². The Balaban J connectivity index is 1.45. The number of para-hydroxylation sites is 1. The number of rotatable bonds is 5. The minimum absolute atomic E-state index is 0.190. The smallest absolute Gasteiger partial charge is 0.258 e. The van der Waals surface area contributed by atoms with E-state index in [0.29, 0.717) is 35.9 Å². The normalized spacial score (nSPS) is 14.8. The molecule has 28 heavy (non-hydrogen) atoms. The van der Waals surface area contributed by atoms with E-state index < -0.39 is 0 Å². The molecule has 0 bridgehead atoms. The highest BCUT2D eigenvalue weighted by Gasteiger charge is 2.19. The molecule has 0 spiro atoms. The second kappa shape index (κ2) is 8.21. The van der Waals surface area contributed by atoms with E-state index in [1.165, 1.54) is 0 Å². The second-order valence-corrected chi connectivity index (χ2v) is 7.28. The van der Waals surface area contributed by atoms with Crippen LogP contribution in [0, 0.1) is 5.92 Å². The predicted octanol–water partition coefficient (Wildman–Crippen LogP) is 4.66. The van der Waals surface area contributed by atoms with Gasteiger partial charge in [-0.2, -0.15) is 0 Å². The Labute approximate surface area is 164 Å². The zero-order chi connectivity index (χ0) is 19.3. The van der Waals surface area contributed by atoms with E-state index in [2.05, 4.69) is 15.6 Å². The Morgan fingerprint density at radius 1 is 1.00 bits per heavy atom. The van der Waals surface area contributed by atoms with Crippen LogP contribution >= 0.6 is 0 Å². The quantitative estimate of drug-likeness (QED) is 0.682. The molecule has 3 aromatic rings. The molecule has 1 aliphatic carbocycles. The molecular weight excluding hydrogens is 350 g/mol. The van der Waals surface area contributed by atoms with Gasteiger partial charge in [-0.05, 0) is 42.3 Å². The number of Topliss-reactive ketones (excluding diaryl/α,β-unsaturated/α-hetero) is 1. The number of fused-ring (bicyclic) bond motifs is 1. The number of ketones is 1. The van der Waals surface area contributed by atoms with Crippen LogP contribution in [0.4, 0.5) is 11.5 Å². The lowest BCUT2D eigenvalue weighted by atomic mass is 9.88. The Morgan fingerprint density at radius 2 is 1.71 bits per heavy atom. The summed E-state index contributed by atoms with van der Waals surface area (Å²) in [6.45, 7) is 0.770. The van der Waals surface area contributed by atoms with Crippen LogP contribution in [0.2, 0.25) is 0 Å². The van der Waals surface area contributed by atoms with Gasteiger partial charge in [0.2, 0.25) is 0 Å². The average molecular weight is 373 g/mol. The number of nitrogens with zero attached hydrogens (tertiary/aromatic N) is 1. The number of nitrogens with one attached hydrogen (secondary N) is 2. The van der Waals surface area contributed by atoms with Gasteiger partial charge in [0.1, 0.15) is 11.6 Å². The van der Waals surface area contributed by atoms with Crippen molar-refractivity contribution in [3.63, 3.8) is 0 Å². The van der Waals surface area contributed by atoms with Crippen LogP contribution in [-0.2, 0) is 4.79 Å². The first-order chi connectivity index (χ1) is 13.7. The summed E-state index contributed by atoms with van der Waals surface area (Å²) in [6, 6.07) is 17.3. The van der Waals surface area contributed by atoms with Crippen molar-refractivity contribution in [2.75, 3.05) is 17.2 Å². The molecule has 1 aliphatic rings. The summed E-state index contributed by atoms with van der Waals surface area (Å²) >= 11 is 0. The van der Waals surface area contributed by atoms with Gasteiger partial charge in [0, 0.05) is 36.7 Å². The van der Waals surface area contributed by atoms with Crippen LogP contribution in [-0.4, -0.2) is 23.2 Å². The summed E-state index contributed by atoms with van der Waals surface area (Å²) in [6.07, 6.45) is 4.94. The largest absolute Gasteiger partial charge is 0.384 e. The van der Waals surface area contributed by atoms with Gasteiger partial charge in [0.25, 0.3) is 5.91 Å². The average Bonchev–Trinajstić information content (AvgIpc) is 2.73. The molecule has 2 N–H and O–H groups in total. The highest BCUT2D eigenvalue weighted by atomic mass is 16.1. The van der Waals surface area contributed by atoms with E-state index in [4.69, 9.17) is 0 Å². The lowest BCUT2D eigenvalue weighted by Crippen LogP contribution is -2.22. The first kappa shape index (κ1) is 18.2. The van der Waals surface area contributed by atoms with E-state index in [1.54, 1.807) is 6.20 Å². The van der Waals surface area contributed by atoms with Gasteiger partial charge >= 0.3 is 0 Å². The lowest BCUT2D eigenvalue weighted by molar-refractivity contribution is -0.120. The number of carbonyl (C=O) groups excluding carboxylic acids is 2. The van der Waals surface area contributed by atoms with Crippen LogP contribution in [0.5, 0.6) is 0 Å². The molecule has 1 heterocycles.